The van der Waals surface area contributed by atoms with Crippen molar-refractivity contribution in [1.29, 1.82) is 0 Å². The highest BCUT2D eigenvalue weighted by Gasteiger charge is 2.31. The van der Waals surface area contributed by atoms with Crippen molar-refractivity contribution in [3.05, 3.63) is 0 Å². The van der Waals surface area contributed by atoms with Crippen molar-refractivity contribution in [1.82, 2.24) is 21.4 Å². The second-order valence-electron chi connectivity index (χ2n) is 6.36. The zero-order chi connectivity index (χ0) is 19.0. The predicted molar refractivity (Wildman–Crippen MR) is 86.7 cm³/mol. The van der Waals surface area contributed by atoms with E-state index in [1.807, 2.05) is 0 Å². The average molecular weight is 344 g/mol. The minimum Gasteiger partial charge on any atom is -0.344 e. The maximum Gasteiger partial charge on any atom is 0.265 e. The maximum absolute atomic E-state index is 12.4. The van der Waals surface area contributed by atoms with Crippen LogP contribution in [0.2, 0.25) is 0 Å². The molecule has 4 amide bonds. The molecule has 0 saturated heterocycles. The summed E-state index contributed by atoms with van der Waals surface area (Å²) in [4.78, 5) is 47.2. The zero-order valence-corrected chi connectivity index (χ0v) is 15.0. The van der Waals surface area contributed by atoms with Gasteiger partial charge in [-0.25, -0.2) is 5.48 Å². The van der Waals surface area contributed by atoms with Crippen LogP contribution in [0.5, 0.6) is 0 Å². The van der Waals surface area contributed by atoms with Gasteiger partial charge in [0.2, 0.25) is 17.7 Å². The number of amides is 4. The van der Waals surface area contributed by atoms with Crippen LogP contribution in [-0.2, 0) is 19.2 Å². The van der Waals surface area contributed by atoms with Gasteiger partial charge in [-0.15, -0.1) is 0 Å². The Bertz CT molecular complexity index is 478. The van der Waals surface area contributed by atoms with Crippen molar-refractivity contribution in [2.75, 3.05) is 0 Å². The molecule has 9 nitrogen and oxygen atoms in total. The van der Waals surface area contributed by atoms with Gasteiger partial charge in [0.25, 0.3) is 5.91 Å². The summed E-state index contributed by atoms with van der Waals surface area (Å²) in [5.74, 6) is -2.56. The van der Waals surface area contributed by atoms with Gasteiger partial charge in [-0.2, -0.15) is 0 Å². The molecule has 0 unspecified atom stereocenters. The van der Waals surface area contributed by atoms with Gasteiger partial charge in [0.05, 0.1) is 0 Å². The highest BCUT2D eigenvalue weighted by atomic mass is 16.5. The number of carbonyl (C=O) groups excluding carboxylic acids is 4. The number of hydrogen-bond donors (Lipinski definition) is 5. The quantitative estimate of drug-likeness (QED) is 0.293. The Balaban J connectivity index is 5.06. The Morgan fingerprint density at radius 2 is 1.12 bits per heavy atom. The van der Waals surface area contributed by atoms with Crippen molar-refractivity contribution >= 4 is 23.6 Å². The Labute approximate surface area is 141 Å². The van der Waals surface area contributed by atoms with Crippen molar-refractivity contribution in [2.45, 2.75) is 59.7 Å². The van der Waals surface area contributed by atoms with Gasteiger partial charge in [0.15, 0.2) is 0 Å². The highest BCUT2D eigenvalue weighted by Crippen LogP contribution is 2.07. The molecular formula is C15H28N4O5. The molecular weight excluding hydrogens is 316 g/mol. The van der Waals surface area contributed by atoms with E-state index >= 15 is 0 Å². The molecule has 3 atom stereocenters. The van der Waals surface area contributed by atoms with Gasteiger partial charge in [-0.05, 0) is 18.8 Å². The van der Waals surface area contributed by atoms with E-state index in [-0.39, 0.29) is 17.7 Å². The van der Waals surface area contributed by atoms with E-state index in [2.05, 4.69) is 16.0 Å². The second kappa shape index (κ2) is 9.86. The number of rotatable bonds is 8. The molecule has 5 N–H and O–H groups in total. The lowest BCUT2D eigenvalue weighted by Gasteiger charge is -2.27. The van der Waals surface area contributed by atoms with Crippen molar-refractivity contribution in [3.63, 3.8) is 0 Å². The van der Waals surface area contributed by atoms with Crippen LogP contribution in [0.25, 0.3) is 0 Å². The topological polar surface area (TPSA) is 137 Å². The molecule has 0 fully saturated rings. The maximum atomic E-state index is 12.4. The lowest BCUT2D eigenvalue weighted by atomic mass is 9.99. The molecule has 138 valence electrons. The fraction of sp³-hybridized carbons (Fsp3) is 0.733. The number of nitrogens with one attached hydrogen (secondary N) is 4. The van der Waals surface area contributed by atoms with E-state index in [0.29, 0.717) is 0 Å². The van der Waals surface area contributed by atoms with Crippen LogP contribution < -0.4 is 21.4 Å². The van der Waals surface area contributed by atoms with Crippen molar-refractivity contribution in [3.8, 4) is 0 Å². The van der Waals surface area contributed by atoms with Crippen molar-refractivity contribution in [2.24, 2.45) is 11.8 Å². The molecule has 0 bridgehead atoms. The standard InChI is InChI=1S/C15H28N4O5/c1-7(2)11(17-10(6)20)15(23)18-12(8(3)4)14(22)16-9(5)13(21)19-24/h7-9,11-12,24H,1-6H3,(H,16,22)(H,17,20)(H,18,23)(H,19,21)/t9-,11-,12-/m0/s1. The monoisotopic (exact) mass is 344 g/mol. The van der Waals surface area contributed by atoms with Crippen LogP contribution in [0.1, 0.15) is 41.5 Å². The summed E-state index contributed by atoms with van der Waals surface area (Å²) in [5, 5.41) is 16.1. The van der Waals surface area contributed by atoms with Gasteiger partial charge >= 0.3 is 0 Å². The largest absolute Gasteiger partial charge is 0.344 e. The van der Waals surface area contributed by atoms with Crippen LogP contribution in [0.4, 0.5) is 0 Å². The first kappa shape index (κ1) is 21.8. The molecule has 0 heterocycles. The molecule has 0 aromatic heterocycles. The molecule has 24 heavy (non-hydrogen) atoms. The zero-order valence-electron chi connectivity index (χ0n) is 15.0. The van der Waals surface area contributed by atoms with Crippen LogP contribution in [-0.4, -0.2) is 47.0 Å². The van der Waals surface area contributed by atoms with Crippen molar-refractivity contribution < 1.29 is 24.4 Å². The molecule has 0 rings (SSSR count). The fourth-order valence-corrected chi connectivity index (χ4v) is 2.00. The van der Waals surface area contributed by atoms with E-state index in [9.17, 15) is 19.2 Å². The summed E-state index contributed by atoms with van der Waals surface area (Å²) in [7, 11) is 0. The van der Waals surface area contributed by atoms with Crippen LogP contribution in [0.15, 0.2) is 0 Å². The summed E-state index contributed by atoms with van der Waals surface area (Å²) in [6.45, 7) is 9.74. The summed E-state index contributed by atoms with van der Waals surface area (Å²) in [5.41, 5.74) is 1.45. The summed E-state index contributed by atoms with van der Waals surface area (Å²) >= 11 is 0. The first-order valence-electron chi connectivity index (χ1n) is 7.83. The van der Waals surface area contributed by atoms with Gasteiger partial charge in [-0.1, -0.05) is 27.7 Å². The Morgan fingerprint density at radius 1 is 0.708 bits per heavy atom. The van der Waals surface area contributed by atoms with Gasteiger partial charge in [0.1, 0.15) is 18.1 Å². The molecule has 0 aromatic rings. The number of hydrogen-bond acceptors (Lipinski definition) is 5. The van der Waals surface area contributed by atoms with Gasteiger partial charge in [-0.3, -0.25) is 24.4 Å². The molecule has 0 aliphatic rings. The summed E-state index contributed by atoms with van der Waals surface area (Å²) < 4.78 is 0. The fourth-order valence-electron chi connectivity index (χ4n) is 2.00. The third-order valence-corrected chi connectivity index (χ3v) is 3.42. The van der Waals surface area contributed by atoms with E-state index in [1.54, 1.807) is 27.7 Å². The Kier molecular flexibility index (Phi) is 8.97. The molecule has 0 radical (unpaired) electrons. The summed E-state index contributed by atoms with van der Waals surface area (Å²) in [6, 6.07) is -2.62. The Morgan fingerprint density at radius 3 is 1.50 bits per heavy atom. The van der Waals surface area contributed by atoms with E-state index < -0.39 is 35.8 Å². The molecule has 0 aromatic carbocycles. The minimum atomic E-state index is -0.961. The third-order valence-electron chi connectivity index (χ3n) is 3.42. The molecule has 0 spiro atoms. The van der Waals surface area contributed by atoms with E-state index in [1.165, 1.54) is 19.3 Å². The predicted octanol–water partition coefficient (Wildman–Crippen LogP) is -0.702. The molecule has 9 heteroatoms. The first-order valence-corrected chi connectivity index (χ1v) is 7.83. The normalized spacial score (nSPS) is 14.5. The molecule has 0 aliphatic carbocycles. The van der Waals surface area contributed by atoms with E-state index in [4.69, 9.17) is 5.21 Å². The third kappa shape index (κ3) is 6.95. The van der Waals surface area contributed by atoms with Crippen LogP contribution in [0, 0.1) is 11.8 Å². The summed E-state index contributed by atoms with van der Waals surface area (Å²) in [6.07, 6.45) is 0. The van der Waals surface area contributed by atoms with Gasteiger partial charge in [0, 0.05) is 6.92 Å². The van der Waals surface area contributed by atoms with E-state index in [0.717, 1.165) is 0 Å². The first-order chi connectivity index (χ1) is 11.0. The lowest BCUT2D eigenvalue weighted by molar-refractivity contribution is -0.136. The number of hydroxylamine groups is 1. The van der Waals surface area contributed by atoms with Crippen LogP contribution in [0.3, 0.4) is 0 Å². The average Bonchev–Trinajstić information content (AvgIpc) is 2.47. The smallest absolute Gasteiger partial charge is 0.265 e. The van der Waals surface area contributed by atoms with Crippen LogP contribution >= 0.6 is 0 Å². The SMILES string of the molecule is CC(=O)N[C@H](C(=O)N[C@H](C(=O)N[C@@H](C)C(=O)NO)C(C)C)C(C)C. The molecule has 0 aliphatic heterocycles. The molecule has 0 saturated carbocycles. The second-order valence-corrected chi connectivity index (χ2v) is 6.36. The minimum absolute atomic E-state index is 0.163. The number of carbonyl (C=O) groups is 4. The highest BCUT2D eigenvalue weighted by molar-refractivity contribution is 5.94. The Hall–Kier alpha value is -2.16. The van der Waals surface area contributed by atoms with Gasteiger partial charge < -0.3 is 16.0 Å². The lowest BCUT2D eigenvalue weighted by Crippen LogP contribution is -2.58.